The zero-order valence-electron chi connectivity index (χ0n) is 3.61. The molecule has 3 N–H and O–H groups in total. The number of hydrogen-bond acceptors (Lipinski definition) is 3. The molecule has 7 heavy (non-hydrogen) atoms. The van der Waals surface area contributed by atoms with Crippen LogP contribution in [0.25, 0.3) is 0 Å². The average Bonchev–Trinajstić information content (AvgIpc) is 1.69. The third-order valence-corrected chi connectivity index (χ3v) is 1.15. The van der Waals surface area contributed by atoms with Crippen molar-refractivity contribution in [2.45, 2.75) is 0 Å². The van der Waals surface area contributed by atoms with Gasteiger partial charge in [0.25, 0.3) is 15.1 Å². The Morgan fingerprint density at radius 3 is 2.14 bits per heavy atom. The van der Waals surface area contributed by atoms with Crippen LogP contribution in [0.5, 0.6) is 0 Å². The molecule has 34 valence electrons. The molecule has 0 aliphatic carbocycles. The highest BCUT2D eigenvalue weighted by Gasteiger charge is 2.13. The Labute approximate surface area is 52.7 Å². The minimum Gasteiger partial charge on any atom is -0.379 e. The van der Waals surface area contributed by atoms with Crippen molar-refractivity contribution < 1.29 is 0 Å². The molecule has 0 bridgehead atoms. The van der Waals surface area contributed by atoms with Gasteiger partial charge in [-0.3, -0.25) is 0 Å². The second-order valence-electron chi connectivity index (χ2n) is 1.15. The van der Waals surface area contributed by atoms with E-state index in [2.05, 4.69) is 31.2 Å². The topological polar surface area (TPSA) is 36.1 Å². The van der Waals surface area contributed by atoms with Crippen molar-refractivity contribution in [3.05, 3.63) is 0 Å². The highest BCUT2D eigenvalue weighted by atomic mass is 79.9. The minimum atomic E-state index is 0.175. The van der Waals surface area contributed by atoms with Crippen molar-refractivity contribution in [3.63, 3.8) is 0 Å². The Morgan fingerprint density at radius 1 is 1.29 bits per heavy atom. The molecule has 3 nitrogen and oxygen atoms in total. The molecule has 0 saturated carbocycles. The van der Waals surface area contributed by atoms with Gasteiger partial charge in [0.1, 0.15) is 0 Å². The smallest absolute Gasteiger partial charge is 0.363 e. The van der Waals surface area contributed by atoms with Crippen molar-refractivity contribution in [1.29, 1.82) is 0 Å². The maximum Gasteiger partial charge on any atom is 0.363 e. The van der Waals surface area contributed by atoms with E-state index in [0.717, 1.165) is 0 Å². The number of rotatable bonds is 0. The summed E-state index contributed by atoms with van der Waals surface area (Å²) in [6.07, 6.45) is 0. The average molecular weight is 157 g/mol. The molecule has 0 spiro atoms. The van der Waals surface area contributed by atoms with Crippen molar-refractivity contribution >= 4 is 36.7 Å². The second-order valence-corrected chi connectivity index (χ2v) is 2.07. The highest BCUT2D eigenvalue weighted by Crippen LogP contribution is 1.80. The van der Waals surface area contributed by atoms with Crippen LogP contribution in [-0.2, 0) is 0 Å². The molecule has 0 aromatic heterocycles. The third kappa shape index (κ3) is 1.86. The van der Waals surface area contributed by atoms with E-state index in [9.17, 15) is 0 Å². The van der Waals surface area contributed by atoms with Gasteiger partial charge < -0.3 is 15.4 Å². The first-order valence-corrected chi connectivity index (χ1v) is 2.87. The predicted molar refractivity (Wildman–Crippen MR) is 35.6 cm³/mol. The van der Waals surface area contributed by atoms with E-state index in [1.807, 2.05) is 0 Å². The first-order valence-electron chi connectivity index (χ1n) is 1.95. The van der Waals surface area contributed by atoms with E-state index in [0.29, 0.717) is 0 Å². The summed E-state index contributed by atoms with van der Waals surface area (Å²) in [6, 6.07) is 0. The van der Waals surface area contributed by atoms with Gasteiger partial charge in [-0.25, -0.2) is 0 Å². The van der Waals surface area contributed by atoms with Crippen LogP contribution in [0.3, 0.4) is 0 Å². The lowest BCUT2D eigenvalue weighted by atomic mass is 9.85. The van der Waals surface area contributed by atoms with E-state index >= 15 is 0 Å². The SMILES string of the molecule is BrB1N[B]N[B]N1. The van der Waals surface area contributed by atoms with Gasteiger partial charge in [-0.1, -0.05) is 0 Å². The molecule has 0 aromatic carbocycles. The van der Waals surface area contributed by atoms with E-state index < -0.39 is 0 Å². The molecule has 1 fully saturated rings. The predicted octanol–water partition coefficient (Wildman–Crippen LogP) is -1.78. The van der Waals surface area contributed by atoms with Gasteiger partial charge in [0, 0.05) is 0 Å². The molecule has 1 rings (SSSR count). The van der Waals surface area contributed by atoms with Crippen LogP contribution in [0.15, 0.2) is 0 Å². The quantitative estimate of drug-likeness (QED) is 0.364. The van der Waals surface area contributed by atoms with Crippen LogP contribution >= 0.6 is 15.8 Å². The molecule has 0 aromatic rings. The largest absolute Gasteiger partial charge is 0.379 e. The Bertz CT molecular complexity index is 52.1. The maximum absolute atomic E-state index is 3.26. The van der Waals surface area contributed by atoms with Gasteiger partial charge in [0.2, 0.25) is 0 Å². The maximum atomic E-state index is 3.26. The summed E-state index contributed by atoms with van der Waals surface area (Å²) in [5, 5.41) is 8.65. The number of hydrogen-bond donors (Lipinski definition) is 3. The zero-order valence-corrected chi connectivity index (χ0v) is 5.20. The van der Waals surface area contributed by atoms with Crippen molar-refractivity contribution in [2.75, 3.05) is 0 Å². The molecule has 0 atom stereocenters. The van der Waals surface area contributed by atoms with Crippen molar-refractivity contribution in [1.82, 2.24) is 15.4 Å². The highest BCUT2D eigenvalue weighted by molar-refractivity contribution is 9.24. The van der Waals surface area contributed by atoms with Crippen molar-refractivity contribution in [2.24, 2.45) is 0 Å². The molecule has 2 radical (unpaired) electrons. The van der Waals surface area contributed by atoms with E-state index in [1.165, 1.54) is 0 Å². The van der Waals surface area contributed by atoms with Gasteiger partial charge in [-0.2, -0.15) is 0 Å². The van der Waals surface area contributed by atoms with Crippen LogP contribution in [0.4, 0.5) is 0 Å². The zero-order chi connectivity index (χ0) is 5.11. The first-order chi connectivity index (χ1) is 3.39. The van der Waals surface area contributed by atoms with E-state index in [-0.39, 0.29) is 5.81 Å². The summed E-state index contributed by atoms with van der Waals surface area (Å²) in [6.45, 7) is 0. The molecular weight excluding hydrogens is 154 g/mol. The monoisotopic (exact) mass is 157 g/mol. The van der Waals surface area contributed by atoms with Gasteiger partial charge >= 0.3 is 5.81 Å². The number of nitrogens with one attached hydrogen (secondary N) is 3. The molecule has 7 heteroatoms. The fourth-order valence-electron chi connectivity index (χ4n) is 0.332. The summed E-state index contributed by atoms with van der Waals surface area (Å²) >= 11 is 3.26. The van der Waals surface area contributed by atoms with E-state index in [4.69, 9.17) is 0 Å². The summed E-state index contributed by atoms with van der Waals surface area (Å²) in [5.41, 5.74) is 0. The fourth-order valence-corrected chi connectivity index (χ4v) is 0.597. The van der Waals surface area contributed by atoms with Gasteiger partial charge in [-0.15, -0.1) is 15.8 Å². The Hall–Kier alpha value is 0.555. The Morgan fingerprint density at radius 2 is 1.86 bits per heavy atom. The third-order valence-electron chi connectivity index (χ3n) is 0.626. The van der Waals surface area contributed by atoms with Crippen LogP contribution in [0.1, 0.15) is 0 Å². The van der Waals surface area contributed by atoms with Crippen LogP contribution in [-0.4, -0.2) is 20.9 Å². The summed E-state index contributed by atoms with van der Waals surface area (Å²) in [7, 11) is 3.49. The van der Waals surface area contributed by atoms with Crippen LogP contribution in [0.2, 0.25) is 0 Å². The molecule has 0 amide bonds. The first kappa shape index (κ1) is 5.69. The lowest BCUT2D eigenvalue weighted by molar-refractivity contribution is 1.27. The molecular formula is H3B3BrN3. The lowest BCUT2D eigenvalue weighted by Gasteiger charge is -2.14. The molecule has 1 aliphatic heterocycles. The van der Waals surface area contributed by atoms with Gasteiger partial charge in [-0.05, 0) is 0 Å². The summed E-state index contributed by atoms with van der Waals surface area (Å²) in [4.78, 5) is 0. The molecule has 1 aliphatic rings. The normalized spacial score (nSPS) is 20.4. The van der Waals surface area contributed by atoms with Crippen molar-refractivity contribution in [3.8, 4) is 0 Å². The Kier molecular flexibility index (Phi) is 2.25. The Balaban J connectivity index is 2.12. The lowest BCUT2D eigenvalue weighted by Crippen LogP contribution is -2.60. The summed E-state index contributed by atoms with van der Waals surface area (Å²) < 4.78 is 0. The minimum absolute atomic E-state index is 0.175. The van der Waals surface area contributed by atoms with Crippen LogP contribution < -0.4 is 15.4 Å². The standard InChI is InChI=1S/B3BrH3N3/c4-3-6-1-5-2-7-3/h5-7H. The fraction of sp³-hybridized carbons (Fsp3) is 0. The molecule has 1 saturated heterocycles. The van der Waals surface area contributed by atoms with E-state index in [1.54, 1.807) is 15.1 Å². The van der Waals surface area contributed by atoms with Gasteiger partial charge in [0.05, 0.1) is 0 Å². The summed E-state index contributed by atoms with van der Waals surface area (Å²) in [5.74, 6) is 0.175. The van der Waals surface area contributed by atoms with Crippen LogP contribution in [0, 0.1) is 0 Å². The second kappa shape index (κ2) is 2.76. The molecule has 1 heterocycles. The molecule has 0 unspecified atom stereocenters. The number of halogens is 1. The van der Waals surface area contributed by atoms with Gasteiger partial charge in [0.15, 0.2) is 0 Å².